The van der Waals surface area contributed by atoms with E-state index in [4.69, 9.17) is 5.84 Å². The van der Waals surface area contributed by atoms with Crippen molar-refractivity contribution in [1.29, 1.82) is 0 Å². The second kappa shape index (κ2) is 6.84. The third-order valence-corrected chi connectivity index (χ3v) is 4.57. The lowest BCUT2D eigenvalue weighted by atomic mass is 10.1. The average Bonchev–Trinajstić information content (AvgIpc) is 3.05. The van der Waals surface area contributed by atoms with E-state index in [0.717, 1.165) is 31.6 Å². The lowest BCUT2D eigenvalue weighted by Gasteiger charge is -2.15. The van der Waals surface area contributed by atoms with E-state index in [1.165, 1.54) is 9.75 Å². The van der Waals surface area contributed by atoms with Gasteiger partial charge in [0.2, 0.25) is 0 Å². The fourth-order valence-electron chi connectivity index (χ4n) is 2.17. The maximum atomic E-state index is 5.72. The summed E-state index contributed by atoms with van der Waals surface area (Å²) < 4.78 is 2.21. The fourth-order valence-corrected chi connectivity index (χ4v) is 3.18. The molecule has 2 aromatic heterocycles. The average molecular weight is 278 g/mol. The Bertz CT molecular complexity index is 503. The molecule has 2 heterocycles. The summed E-state index contributed by atoms with van der Waals surface area (Å²) in [7, 11) is 0. The van der Waals surface area contributed by atoms with Gasteiger partial charge < -0.3 is 4.57 Å². The Morgan fingerprint density at radius 2 is 2.26 bits per heavy atom. The predicted octanol–water partition coefficient (Wildman–Crippen LogP) is 2.66. The van der Waals surface area contributed by atoms with Crippen LogP contribution in [0.25, 0.3) is 0 Å². The van der Waals surface area contributed by atoms with E-state index in [0.29, 0.717) is 0 Å². The predicted molar refractivity (Wildman–Crippen MR) is 80.0 cm³/mol. The van der Waals surface area contributed by atoms with Crippen molar-refractivity contribution in [2.75, 3.05) is 0 Å². The van der Waals surface area contributed by atoms with Crippen LogP contribution in [0, 0.1) is 0 Å². The van der Waals surface area contributed by atoms with Crippen LogP contribution in [0.1, 0.15) is 41.9 Å². The van der Waals surface area contributed by atoms with Crippen molar-refractivity contribution in [3.63, 3.8) is 0 Å². The fraction of sp³-hybridized carbons (Fsp3) is 0.500. The second-order valence-corrected chi connectivity index (χ2v) is 5.82. The van der Waals surface area contributed by atoms with Crippen LogP contribution in [0.5, 0.6) is 0 Å². The Morgan fingerprint density at radius 1 is 1.42 bits per heavy atom. The molecule has 3 N–H and O–H groups in total. The largest absolute Gasteiger partial charge is 0.335 e. The molecule has 4 nitrogen and oxygen atoms in total. The molecule has 5 heteroatoms. The van der Waals surface area contributed by atoms with Crippen LogP contribution in [-0.2, 0) is 19.4 Å². The maximum Gasteiger partial charge on any atom is 0.110 e. The first-order valence-electron chi connectivity index (χ1n) is 6.83. The molecule has 1 atom stereocenters. The minimum atomic E-state index is 0.142. The highest BCUT2D eigenvalue weighted by atomic mass is 32.1. The third kappa shape index (κ3) is 3.43. The van der Waals surface area contributed by atoms with Gasteiger partial charge in [-0.1, -0.05) is 13.8 Å². The number of rotatable bonds is 7. The van der Waals surface area contributed by atoms with E-state index in [-0.39, 0.29) is 6.04 Å². The standard InChI is InChI=1S/C14H22N4S/c1-3-8-18-9-7-16-14(18)10-12(17-15)13-6-5-11(4-2)19-13/h5-7,9,12,17H,3-4,8,10,15H2,1-2H3. The molecule has 0 radical (unpaired) electrons. The molecule has 0 saturated carbocycles. The van der Waals surface area contributed by atoms with Gasteiger partial charge in [0.05, 0.1) is 6.04 Å². The van der Waals surface area contributed by atoms with Gasteiger partial charge in [-0.25, -0.2) is 4.98 Å². The van der Waals surface area contributed by atoms with Gasteiger partial charge in [0.1, 0.15) is 5.82 Å². The number of nitrogens with one attached hydrogen (secondary N) is 1. The molecule has 2 aromatic rings. The van der Waals surface area contributed by atoms with E-state index in [9.17, 15) is 0 Å². The van der Waals surface area contributed by atoms with E-state index in [1.54, 1.807) is 0 Å². The lowest BCUT2D eigenvalue weighted by Crippen LogP contribution is -2.29. The van der Waals surface area contributed by atoms with Crippen molar-refractivity contribution >= 4 is 11.3 Å². The first kappa shape index (κ1) is 14.2. The molecule has 2 rings (SSSR count). The maximum absolute atomic E-state index is 5.72. The number of hydrazine groups is 1. The molecular formula is C14H22N4S. The van der Waals surface area contributed by atoms with Crippen LogP contribution in [0.15, 0.2) is 24.5 Å². The van der Waals surface area contributed by atoms with Crippen LogP contribution in [-0.4, -0.2) is 9.55 Å². The Labute approximate surface area is 118 Å². The first-order valence-corrected chi connectivity index (χ1v) is 7.64. The summed E-state index contributed by atoms with van der Waals surface area (Å²) in [5.74, 6) is 6.81. The zero-order valence-electron chi connectivity index (χ0n) is 11.6. The number of hydrogen-bond donors (Lipinski definition) is 2. The summed E-state index contributed by atoms with van der Waals surface area (Å²) in [5, 5.41) is 0. The summed E-state index contributed by atoms with van der Waals surface area (Å²) >= 11 is 1.83. The van der Waals surface area contributed by atoms with Crippen LogP contribution in [0.4, 0.5) is 0 Å². The van der Waals surface area contributed by atoms with Crippen molar-refractivity contribution in [2.45, 2.75) is 45.7 Å². The third-order valence-electron chi connectivity index (χ3n) is 3.23. The Kier molecular flexibility index (Phi) is 5.13. The first-order chi connectivity index (χ1) is 9.28. The van der Waals surface area contributed by atoms with Crippen molar-refractivity contribution in [2.24, 2.45) is 5.84 Å². The molecule has 1 unspecified atom stereocenters. The van der Waals surface area contributed by atoms with E-state index >= 15 is 0 Å². The number of nitrogens with two attached hydrogens (primary N) is 1. The van der Waals surface area contributed by atoms with E-state index in [2.05, 4.69) is 41.0 Å². The lowest BCUT2D eigenvalue weighted by molar-refractivity contribution is 0.523. The monoisotopic (exact) mass is 278 g/mol. The molecule has 0 bridgehead atoms. The van der Waals surface area contributed by atoms with Crippen LogP contribution in [0.2, 0.25) is 0 Å². The van der Waals surface area contributed by atoms with Gasteiger partial charge in [-0.15, -0.1) is 11.3 Å². The normalized spacial score (nSPS) is 12.8. The molecule has 0 amide bonds. The number of aryl methyl sites for hydroxylation is 2. The summed E-state index contributed by atoms with van der Waals surface area (Å²) in [4.78, 5) is 7.13. The van der Waals surface area contributed by atoms with Crippen molar-refractivity contribution in [3.05, 3.63) is 40.1 Å². The topological polar surface area (TPSA) is 55.9 Å². The summed E-state index contributed by atoms with van der Waals surface area (Å²) in [6.45, 7) is 5.36. The highest BCUT2D eigenvalue weighted by Gasteiger charge is 2.15. The minimum Gasteiger partial charge on any atom is -0.335 e. The summed E-state index contributed by atoms with van der Waals surface area (Å²) in [5.41, 5.74) is 2.92. The SMILES string of the molecule is CCCn1ccnc1CC(NN)c1ccc(CC)s1. The molecule has 104 valence electrons. The van der Waals surface area contributed by atoms with Gasteiger partial charge in [-0.3, -0.25) is 11.3 Å². The number of imidazole rings is 1. The molecule has 0 fully saturated rings. The van der Waals surface area contributed by atoms with Crippen LogP contribution >= 0.6 is 11.3 Å². The minimum absolute atomic E-state index is 0.142. The van der Waals surface area contributed by atoms with Gasteiger partial charge in [-0.2, -0.15) is 0 Å². The van der Waals surface area contributed by atoms with Crippen molar-refractivity contribution in [1.82, 2.24) is 15.0 Å². The van der Waals surface area contributed by atoms with Gasteiger partial charge in [0.15, 0.2) is 0 Å². The van der Waals surface area contributed by atoms with E-state index < -0.39 is 0 Å². The smallest absolute Gasteiger partial charge is 0.110 e. The van der Waals surface area contributed by atoms with Gasteiger partial charge in [0, 0.05) is 35.1 Å². The van der Waals surface area contributed by atoms with Crippen molar-refractivity contribution in [3.8, 4) is 0 Å². The molecule has 0 spiro atoms. The highest BCUT2D eigenvalue weighted by Crippen LogP contribution is 2.25. The zero-order chi connectivity index (χ0) is 13.7. The molecular weight excluding hydrogens is 256 g/mol. The van der Waals surface area contributed by atoms with Gasteiger partial charge in [0.25, 0.3) is 0 Å². The zero-order valence-corrected chi connectivity index (χ0v) is 12.4. The number of thiophene rings is 1. The quantitative estimate of drug-likeness (QED) is 0.605. The molecule has 19 heavy (non-hydrogen) atoms. The van der Waals surface area contributed by atoms with Crippen LogP contribution in [0.3, 0.4) is 0 Å². The Balaban J connectivity index is 2.12. The second-order valence-electron chi connectivity index (χ2n) is 4.62. The summed E-state index contributed by atoms with van der Waals surface area (Å²) in [6, 6.07) is 4.49. The van der Waals surface area contributed by atoms with Gasteiger partial charge >= 0.3 is 0 Å². The number of nitrogens with zero attached hydrogens (tertiary/aromatic N) is 2. The number of aromatic nitrogens is 2. The molecule has 0 aliphatic heterocycles. The number of hydrogen-bond acceptors (Lipinski definition) is 4. The molecule has 0 saturated heterocycles. The molecule has 0 aliphatic carbocycles. The van der Waals surface area contributed by atoms with Crippen LogP contribution < -0.4 is 11.3 Å². The van der Waals surface area contributed by atoms with Crippen molar-refractivity contribution < 1.29 is 0 Å². The Hall–Kier alpha value is -1.17. The highest BCUT2D eigenvalue weighted by molar-refractivity contribution is 7.12. The van der Waals surface area contributed by atoms with Gasteiger partial charge in [-0.05, 0) is 25.0 Å². The molecule has 0 aromatic carbocycles. The summed E-state index contributed by atoms with van der Waals surface area (Å²) in [6.07, 6.45) is 6.92. The molecule has 0 aliphatic rings. The Morgan fingerprint density at radius 3 is 2.89 bits per heavy atom. The van der Waals surface area contributed by atoms with E-state index in [1.807, 2.05) is 23.7 Å².